The summed E-state index contributed by atoms with van der Waals surface area (Å²) in [6.07, 6.45) is 0.249. The number of carbonyl (C=O) groups excluding carboxylic acids is 1. The van der Waals surface area contributed by atoms with Gasteiger partial charge in [-0.15, -0.1) is 0 Å². The number of H-pyrrole nitrogens is 1. The van der Waals surface area contributed by atoms with Crippen molar-refractivity contribution in [3.05, 3.63) is 45.0 Å². The van der Waals surface area contributed by atoms with Crippen LogP contribution in [0.2, 0.25) is 0 Å². The van der Waals surface area contributed by atoms with Crippen molar-refractivity contribution >= 4 is 22.9 Å². The van der Waals surface area contributed by atoms with Crippen molar-refractivity contribution in [2.75, 3.05) is 12.3 Å². The molecule has 1 aromatic carbocycles. The largest absolute Gasteiger partial charge is 0.493 e. The number of thiazole rings is 1. The van der Waals surface area contributed by atoms with Gasteiger partial charge in [0, 0.05) is 16.8 Å². The number of aromatic amines is 1. The summed E-state index contributed by atoms with van der Waals surface area (Å²) in [6.45, 7) is 0.607. The van der Waals surface area contributed by atoms with E-state index in [1.54, 1.807) is 29.6 Å². The Bertz CT molecular complexity index is 618. The molecule has 1 heterocycles. The molecule has 0 aliphatic heterocycles. The van der Waals surface area contributed by atoms with Crippen molar-refractivity contribution in [2.45, 2.75) is 13.0 Å². The summed E-state index contributed by atoms with van der Waals surface area (Å²) >= 11 is 1.08. The van der Waals surface area contributed by atoms with Gasteiger partial charge in [-0.2, -0.15) is 0 Å². The molecule has 0 bridgehead atoms. The van der Waals surface area contributed by atoms with Crippen LogP contribution in [-0.4, -0.2) is 17.5 Å². The van der Waals surface area contributed by atoms with Crippen LogP contribution in [-0.2, 0) is 11.3 Å². The lowest BCUT2D eigenvalue weighted by atomic mass is 10.3. The maximum atomic E-state index is 11.6. The van der Waals surface area contributed by atoms with Crippen molar-refractivity contribution in [3.63, 3.8) is 0 Å². The fourth-order valence-electron chi connectivity index (χ4n) is 1.51. The van der Waals surface area contributed by atoms with Gasteiger partial charge in [0.1, 0.15) is 5.75 Å². The van der Waals surface area contributed by atoms with Crippen molar-refractivity contribution in [2.24, 2.45) is 0 Å². The number of hydrogen-bond donors (Lipinski definition) is 3. The fraction of sp³-hybridized carbons (Fsp3) is 0.231. The predicted octanol–water partition coefficient (Wildman–Crippen LogP) is 1.10. The third kappa shape index (κ3) is 4.43. The first-order chi connectivity index (χ1) is 9.63. The zero-order valence-electron chi connectivity index (χ0n) is 10.7. The molecule has 1 amide bonds. The first kappa shape index (κ1) is 14.1. The molecule has 0 saturated carbocycles. The van der Waals surface area contributed by atoms with E-state index in [0.29, 0.717) is 23.7 Å². The predicted molar refractivity (Wildman–Crippen MR) is 77.8 cm³/mol. The van der Waals surface area contributed by atoms with Crippen LogP contribution >= 0.6 is 11.3 Å². The Morgan fingerprint density at radius 1 is 1.35 bits per heavy atom. The lowest BCUT2D eigenvalue weighted by molar-refractivity contribution is -0.121. The number of benzene rings is 1. The summed E-state index contributed by atoms with van der Waals surface area (Å²) in [4.78, 5) is 25.0. The van der Waals surface area contributed by atoms with Gasteiger partial charge in [0.25, 0.3) is 0 Å². The zero-order valence-corrected chi connectivity index (χ0v) is 11.5. The minimum atomic E-state index is -0.132. The van der Waals surface area contributed by atoms with Crippen molar-refractivity contribution < 1.29 is 9.53 Å². The molecule has 0 aliphatic rings. The summed E-state index contributed by atoms with van der Waals surface area (Å²) in [6, 6.07) is 6.98. The highest BCUT2D eigenvalue weighted by Crippen LogP contribution is 2.13. The third-order valence-electron chi connectivity index (χ3n) is 2.52. The van der Waals surface area contributed by atoms with Crippen LogP contribution in [0.5, 0.6) is 5.75 Å². The Labute approximate surface area is 119 Å². The highest BCUT2D eigenvalue weighted by Gasteiger charge is 2.03. The van der Waals surface area contributed by atoms with E-state index in [-0.39, 0.29) is 23.8 Å². The molecular weight excluding hydrogens is 278 g/mol. The number of rotatable bonds is 6. The SMILES string of the molecule is Nc1ccc(OCCC(=O)NCc2csc(=O)[nH]2)cc1. The number of amides is 1. The van der Waals surface area contributed by atoms with E-state index in [1.165, 1.54) is 0 Å². The minimum absolute atomic E-state index is 0.124. The second-order valence-corrected chi connectivity index (χ2v) is 4.96. The molecule has 6 nitrogen and oxygen atoms in total. The highest BCUT2D eigenvalue weighted by atomic mass is 32.1. The molecule has 2 aromatic rings. The average molecular weight is 293 g/mol. The molecular formula is C13H15N3O3S. The summed E-state index contributed by atoms with van der Waals surface area (Å²) in [5, 5.41) is 4.39. The average Bonchev–Trinajstić information content (AvgIpc) is 2.85. The molecule has 0 fully saturated rings. The number of nitrogens with two attached hydrogens (primary N) is 1. The second kappa shape index (κ2) is 6.76. The Morgan fingerprint density at radius 2 is 2.10 bits per heavy atom. The van der Waals surface area contributed by atoms with Gasteiger partial charge in [-0.25, -0.2) is 0 Å². The smallest absolute Gasteiger partial charge is 0.304 e. The van der Waals surface area contributed by atoms with E-state index >= 15 is 0 Å². The van der Waals surface area contributed by atoms with E-state index in [2.05, 4.69) is 10.3 Å². The molecule has 1 aromatic heterocycles. The van der Waals surface area contributed by atoms with Crippen LogP contribution in [0.25, 0.3) is 0 Å². The second-order valence-electron chi connectivity index (χ2n) is 4.12. The molecule has 20 heavy (non-hydrogen) atoms. The molecule has 0 unspecified atom stereocenters. The zero-order chi connectivity index (χ0) is 14.4. The lowest BCUT2D eigenvalue weighted by Gasteiger charge is -2.06. The van der Waals surface area contributed by atoms with E-state index < -0.39 is 0 Å². The van der Waals surface area contributed by atoms with Crippen molar-refractivity contribution in [1.29, 1.82) is 0 Å². The van der Waals surface area contributed by atoms with E-state index in [0.717, 1.165) is 11.3 Å². The molecule has 0 aliphatic carbocycles. The normalized spacial score (nSPS) is 10.2. The number of nitrogens with one attached hydrogen (secondary N) is 2. The third-order valence-corrected chi connectivity index (χ3v) is 3.24. The van der Waals surface area contributed by atoms with E-state index in [4.69, 9.17) is 10.5 Å². The fourth-order valence-corrected chi connectivity index (χ4v) is 2.09. The lowest BCUT2D eigenvalue weighted by Crippen LogP contribution is -2.24. The van der Waals surface area contributed by atoms with Gasteiger partial charge < -0.3 is 20.8 Å². The van der Waals surface area contributed by atoms with Crippen LogP contribution in [0.4, 0.5) is 5.69 Å². The van der Waals surface area contributed by atoms with Crippen LogP contribution in [0.15, 0.2) is 34.4 Å². The summed E-state index contributed by atoms with van der Waals surface area (Å²) < 4.78 is 5.42. The monoisotopic (exact) mass is 293 g/mol. The molecule has 4 N–H and O–H groups in total. The topological polar surface area (TPSA) is 97.2 Å². The molecule has 0 atom stereocenters. The Hall–Kier alpha value is -2.28. The first-order valence-electron chi connectivity index (χ1n) is 6.05. The summed E-state index contributed by atoms with van der Waals surface area (Å²) in [7, 11) is 0. The van der Waals surface area contributed by atoms with Gasteiger partial charge in [-0.1, -0.05) is 11.3 Å². The van der Waals surface area contributed by atoms with Gasteiger partial charge in [0.05, 0.1) is 19.6 Å². The highest BCUT2D eigenvalue weighted by molar-refractivity contribution is 7.07. The van der Waals surface area contributed by atoms with Crippen LogP contribution < -0.4 is 20.7 Å². The number of nitrogen functional groups attached to an aromatic ring is 1. The van der Waals surface area contributed by atoms with Crippen LogP contribution in [0.1, 0.15) is 12.1 Å². The standard InChI is InChI=1S/C13H15N3O3S/c14-9-1-3-11(4-2-9)19-6-5-12(17)15-7-10-8-20-13(18)16-10/h1-4,8H,5-7,14H2,(H,15,17)(H,16,18). The van der Waals surface area contributed by atoms with Gasteiger partial charge in [0.2, 0.25) is 5.91 Å². The van der Waals surface area contributed by atoms with Crippen LogP contribution in [0.3, 0.4) is 0 Å². The summed E-state index contributed by atoms with van der Waals surface area (Å²) in [5.74, 6) is 0.543. The number of aromatic nitrogens is 1. The number of carbonyl (C=O) groups is 1. The summed E-state index contributed by atoms with van der Waals surface area (Å²) in [5.41, 5.74) is 6.92. The van der Waals surface area contributed by atoms with E-state index in [9.17, 15) is 9.59 Å². The molecule has 106 valence electrons. The number of anilines is 1. The van der Waals surface area contributed by atoms with Crippen molar-refractivity contribution in [3.8, 4) is 5.75 Å². The molecule has 7 heteroatoms. The van der Waals surface area contributed by atoms with Gasteiger partial charge >= 0.3 is 4.87 Å². The maximum absolute atomic E-state index is 11.6. The molecule has 2 rings (SSSR count). The number of hydrogen-bond acceptors (Lipinski definition) is 5. The number of ether oxygens (including phenoxy) is 1. The Kier molecular flexibility index (Phi) is 4.78. The van der Waals surface area contributed by atoms with Crippen molar-refractivity contribution in [1.82, 2.24) is 10.3 Å². The molecule has 0 spiro atoms. The van der Waals surface area contributed by atoms with Gasteiger partial charge in [0.15, 0.2) is 0 Å². The van der Waals surface area contributed by atoms with Crippen LogP contribution in [0, 0.1) is 0 Å². The minimum Gasteiger partial charge on any atom is -0.493 e. The maximum Gasteiger partial charge on any atom is 0.304 e. The first-order valence-corrected chi connectivity index (χ1v) is 6.93. The Balaban J connectivity index is 1.67. The molecule has 0 radical (unpaired) electrons. The van der Waals surface area contributed by atoms with E-state index in [1.807, 2.05) is 0 Å². The Morgan fingerprint density at radius 3 is 2.75 bits per heavy atom. The van der Waals surface area contributed by atoms with Gasteiger partial charge in [-0.05, 0) is 24.3 Å². The molecule has 0 saturated heterocycles. The van der Waals surface area contributed by atoms with Gasteiger partial charge in [-0.3, -0.25) is 9.59 Å². The quantitative estimate of drug-likeness (QED) is 0.695.